The third-order valence-electron chi connectivity index (χ3n) is 3.84. The number of hydrogen-bond acceptors (Lipinski definition) is 5. The van der Waals surface area contributed by atoms with Gasteiger partial charge < -0.3 is 14.8 Å². The lowest BCUT2D eigenvalue weighted by molar-refractivity contribution is -0.144. The number of hydrogen-bond donors (Lipinski definition) is 1. The van der Waals surface area contributed by atoms with E-state index < -0.39 is 17.8 Å². The van der Waals surface area contributed by atoms with E-state index in [-0.39, 0.29) is 12.6 Å². The summed E-state index contributed by atoms with van der Waals surface area (Å²) < 4.78 is 9.54. The molecule has 0 heterocycles. The smallest absolute Gasteiger partial charge is 0.337 e. The number of methoxy groups -OCH3 is 1. The number of esters is 2. The molecule has 0 aliphatic rings. The van der Waals surface area contributed by atoms with Crippen molar-refractivity contribution in [3.63, 3.8) is 0 Å². The Morgan fingerprint density at radius 3 is 2.32 bits per heavy atom. The fourth-order valence-electron chi connectivity index (χ4n) is 2.32. The Balaban J connectivity index is 1.79. The summed E-state index contributed by atoms with van der Waals surface area (Å²) in [5.74, 6) is -1.49. The van der Waals surface area contributed by atoms with Crippen molar-refractivity contribution in [1.82, 2.24) is 5.32 Å². The second-order valence-corrected chi connectivity index (χ2v) is 6.33. The highest BCUT2D eigenvalue weighted by atomic mass is 35.5. The zero-order chi connectivity index (χ0) is 20.5. The molecular formula is C21H20ClNO5. The maximum Gasteiger partial charge on any atom is 0.337 e. The first-order chi connectivity index (χ1) is 13.4. The molecule has 0 unspecified atom stereocenters. The summed E-state index contributed by atoms with van der Waals surface area (Å²) in [6, 6.07) is 13.4. The third-order valence-corrected chi connectivity index (χ3v) is 4.09. The number of rotatable bonds is 7. The van der Waals surface area contributed by atoms with Gasteiger partial charge in [-0.3, -0.25) is 4.79 Å². The molecule has 1 atom stereocenters. The van der Waals surface area contributed by atoms with Crippen molar-refractivity contribution in [3.05, 3.63) is 76.3 Å². The fourth-order valence-corrected chi connectivity index (χ4v) is 2.44. The van der Waals surface area contributed by atoms with Crippen molar-refractivity contribution in [2.75, 3.05) is 13.7 Å². The minimum absolute atomic E-state index is 0.243. The largest absolute Gasteiger partial charge is 0.465 e. The van der Waals surface area contributed by atoms with E-state index in [1.165, 1.54) is 19.3 Å². The summed E-state index contributed by atoms with van der Waals surface area (Å²) in [4.78, 5) is 35.0. The zero-order valence-electron chi connectivity index (χ0n) is 15.5. The Labute approximate surface area is 168 Å². The van der Waals surface area contributed by atoms with Crippen molar-refractivity contribution >= 4 is 35.5 Å². The summed E-state index contributed by atoms with van der Waals surface area (Å²) in [6.07, 6.45) is 2.74. The van der Waals surface area contributed by atoms with Crippen LogP contribution >= 0.6 is 11.6 Å². The molecule has 6 nitrogen and oxygen atoms in total. The van der Waals surface area contributed by atoms with Crippen molar-refractivity contribution in [2.24, 2.45) is 0 Å². The monoisotopic (exact) mass is 401 g/mol. The first kappa shape index (κ1) is 21.2. The van der Waals surface area contributed by atoms with Crippen molar-refractivity contribution in [1.29, 1.82) is 0 Å². The maximum atomic E-state index is 11.9. The van der Waals surface area contributed by atoms with E-state index in [1.807, 2.05) is 19.1 Å². The van der Waals surface area contributed by atoms with Crippen LogP contribution in [0.25, 0.3) is 6.08 Å². The number of benzene rings is 2. The Bertz CT molecular complexity index is 859. The molecular weight excluding hydrogens is 382 g/mol. The van der Waals surface area contributed by atoms with Crippen molar-refractivity contribution in [2.45, 2.75) is 13.0 Å². The molecule has 0 aliphatic heterocycles. The molecule has 2 rings (SSSR count). The van der Waals surface area contributed by atoms with Gasteiger partial charge in [-0.15, -0.1) is 0 Å². The minimum Gasteiger partial charge on any atom is -0.465 e. The highest BCUT2D eigenvalue weighted by Gasteiger charge is 2.11. The van der Waals surface area contributed by atoms with Gasteiger partial charge in [-0.25, -0.2) is 9.59 Å². The number of ether oxygens (including phenoxy) is 2. The van der Waals surface area contributed by atoms with Crippen LogP contribution in [0.4, 0.5) is 0 Å². The fraction of sp³-hybridized carbons (Fsp3) is 0.190. The molecule has 0 aliphatic carbocycles. The summed E-state index contributed by atoms with van der Waals surface area (Å²) in [6.45, 7) is 1.43. The third kappa shape index (κ3) is 6.55. The topological polar surface area (TPSA) is 81.7 Å². The molecule has 0 aromatic heterocycles. The summed E-state index contributed by atoms with van der Waals surface area (Å²) in [5.41, 5.74) is 2.00. The predicted molar refractivity (Wildman–Crippen MR) is 106 cm³/mol. The normalized spacial score (nSPS) is 11.7. The van der Waals surface area contributed by atoms with Gasteiger partial charge >= 0.3 is 11.9 Å². The molecule has 0 saturated carbocycles. The van der Waals surface area contributed by atoms with Gasteiger partial charge in [0.05, 0.1) is 18.7 Å². The zero-order valence-corrected chi connectivity index (χ0v) is 16.2. The van der Waals surface area contributed by atoms with Gasteiger partial charge in [-0.2, -0.15) is 0 Å². The molecule has 28 heavy (non-hydrogen) atoms. The maximum absolute atomic E-state index is 11.9. The quantitative estimate of drug-likeness (QED) is 0.566. The number of nitrogens with one attached hydrogen (secondary N) is 1. The van der Waals surface area contributed by atoms with E-state index in [2.05, 4.69) is 10.1 Å². The molecule has 0 radical (unpaired) electrons. The molecule has 7 heteroatoms. The Morgan fingerprint density at radius 1 is 1.07 bits per heavy atom. The number of carbonyl (C=O) groups is 3. The molecule has 2 aromatic rings. The standard InChI is InChI=1S/C21H20ClNO5/c1-14(16-8-10-18(22)11-9-16)23-19(24)13-28-20(25)12-5-15-3-6-17(7-4-15)21(26)27-2/h3-12,14H,13H2,1-2H3,(H,23,24)/b12-5+/t14-/m1/s1. The van der Waals surface area contributed by atoms with E-state index in [1.54, 1.807) is 36.4 Å². The van der Waals surface area contributed by atoms with E-state index in [0.717, 1.165) is 5.56 Å². The lowest BCUT2D eigenvalue weighted by Crippen LogP contribution is -2.30. The van der Waals surface area contributed by atoms with Crippen LogP contribution in [0.2, 0.25) is 5.02 Å². The Kier molecular flexibility index (Phi) is 7.77. The number of carbonyl (C=O) groups excluding carboxylic acids is 3. The van der Waals surface area contributed by atoms with Gasteiger partial charge in [-0.1, -0.05) is 35.9 Å². The average molecular weight is 402 g/mol. The number of amides is 1. The lowest BCUT2D eigenvalue weighted by atomic mass is 10.1. The van der Waals surface area contributed by atoms with E-state index >= 15 is 0 Å². The first-order valence-corrected chi connectivity index (χ1v) is 8.85. The van der Waals surface area contributed by atoms with Crippen LogP contribution in [0.5, 0.6) is 0 Å². The summed E-state index contributed by atoms with van der Waals surface area (Å²) in [5, 5.41) is 3.35. The van der Waals surface area contributed by atoms with Gasteiger partial charge in [0.15, 0.2) is 6.61 Å². The van der Waals surface area contributed by atoms with Crippen LogP contribution in [0.15, 0.2) is 54.6 Å². The molecule has 2 aromatic carbocycles. The van der Waals surface area contributed by atoms with Crippen LogP contribution in [0.1, 0.15) is 34.5 Å². The Hall–Kier alpha value is -3.12. The van der Waals surface area contributed by atoms with Gasteiger partial charge in [0.2, 0.25) is 0 Å². The predicted octanol–water partition coefficient (Wildman–Crippen LogP) is 3.56. The highest BCUT2D eigenvalue weighted by molar-refractivity contribution is 6.30. The van der Waals surface area contributed by atoms with Crippen molar-refractivity contribution in [3.8, 4) is 0 Å². The summed E-state index contributed by atoms with van der Waals surface area (Å²) in [7, 11) is 1.30. The van der Waals surface area contributed by atoms with Crippen LogP contribution in [-0.4, -0.2) is 31.6 Å². The van der Waals surface area contributed by atoms with Gasteiger partial charge in [0.25, 0.3) is 5.91 Å². The van der Waals surface area contributed by atoms with Gasteiger partial charge in [0.1, 0.15) is 0 Å². The minimum atomic E-state index is -0.647. The first-order valence-electron chi connectivity index (χ1n) is 8.47. The van der Waals surface area contributed by atoms with Gasteiger partial charge in [0, 0.05) is 11.1 Å². The summed E-state index contributed by atoms with van der Waals surface area (Å²) >= 11 is 5.84. The number of halogens is 1. The van der Waals surface area contributed by atoms with E-state index in [9.17, 15) is 14.4 Å². The second kappa shape index (κ2) is 10.3. The highest BCUT2D eigenvalue weighted by Crippen LogP contribution is 2.15. The molecule has 0 saturated heterocycles. The van der Waals surface area contributed by atoms with Crippen LogP contribution in [0.3, 0.4) is 0 Å². The van der Waals surface area contributed by atoms with Crippen molar-refractivity contribution < 1.29 is 23.9 Å². The second-order valence-electron chi connectivity index (χ2n) is 5.90. The molecule has 0 fully saturated rings. The van der Waals surface area contributed by atoms with E-state index in [0.29, 0.717) is 16.1 Å². The van der Waals surface area contributed by atoms with Crippen LogP contribution < -0.4 is 5.32 Å². The van der Waals surface area contributed by atoms with Gasteiger partial charge in [-0.05, 0) is 48.4 Å². The van der Waals surface area contributed by atoms with Crippen LogP contribution in [0, 0.1) is 0 Å². The average Bonchev–Trinajstić information content (AvgIpc) is 2.71. The molecule has 146 valence electrons. The van der Waals surface area contributed by atoms with E-state index in [4.69, 9.17) is 16.3 Å². The molecule has 0 spiro atoms. The lowest BCUT2D eigenvalue weighted by Gasteiger charge is -2.14. The SMILES string of the molecule is COC(=O)c1ccc(/C=C/C(=O)OCC(=O)N[C@H](C)c2ccc(Cl)cc2)cc1. The Morgan fingerprint density at radius 2 is 1.71 bits per heavy atom. The molecule has 1 N–H and O–H groups in total. The van der Waals surface area contributed by atoms with Crippen LogP contribution in [-0.2, 0) is 19.1 Å². The molecule has 1 amide bonds. The molecule has 0 bridgehead atoms.